The molecular weight excluding hydrogens is 388 g/mol. The van der Waals surface area contributed by atoms with Crippen molar-refractivity contribution in [1.82, 2.24) is 4.90 Å². The van der Waals surface area contributed by atoms with Crippen molar-refractivity contribution in [3.8, 4) is 0 Å². The van der Waals surface area contributed by atoms with Crippen LogP contribution in [-0.2, 0) is 14.3 Å². The number of anilines is 1. The van der Waals surface area contributed by atoms with Crippen molar-refractivity contribution in [2.45, 2.75) is 57.7 Å². The number of nitrogens with zero attached hydrogens (tertiary/aromatic N) is 2. The van der Waals surface area contributed by atoms with Gasteiger partial charge in [0.05, 0.1) is 18.1 Å². The third-order valence-corrected chi connectivity index (χ3v) is 9.27. The Morgan fingerprint density at radius 3 is 2.71 bits per heavy atom. The van der Waals surface area contributed by atoms with Gasteiger partial charge in [-0.15, -0.1) is 0 Å². The molecule has 2 saturated carbocycles. The smallest absolute Gasteiger partial charge is 0.310 e. The Hall–Kier alpha value is -1.59. The first kappa shape index (κ1) is 20.0. The maximum Gasteiger partial charge on any atom is 0.310 e. The third kappa shape index (κ3) is 3.39. The maximum atomic E-state index is 12.9. The highest BCUT2D eigenvalue weighted by Gasteiger charge is 2.65. The zero-order chi connectivity index (χ0) is 21.2. The summed E-state index contributed by atoms with van der Waals surface area (Å²) in [5.74, 6) is 1.08. The summed E-state index contributed by atoms with van der Waals surface area (Å²) in [5.41, 5.74) is 3.04. The number of ether oxygens (including phenoxy) is 2. The molecule has 31 heavy (non-hydrogen) atoms. The van der Waals surface area contributed by atoms with Crippen LogP contribution in [0.2, 0.25) is 0 Å². The topological polar surface area (TPSA) is 45.3 Å². The molecule has 0 amide bonds. The van der Waals surface area contributed by atoms with Crippen molar-refractivity contribution in [3.63, 3.8) is 0 Å². The summed E-state index contributed by atoms with van der Waals surface area (Å²) in [6.45, 7) is 10.5. The fourth-order valence-corrected chi connectivity index (χ4v) is 7.46. The van der Waals surface area contributed by atoms with Crippen LogP contribution < -0.4 is 4.90 Å². The van der Waals surface area contributed by atoms with Gasteiger partial charge in [-0.3, -0.25) is 9.69 Å². The van der Waals surface area contributed by atoms with Crippen molar-refractivity contribution in [2.75, 3.05) is 44.2 Å². The predicted octanol–water partition coefficient (Wildman–Crippen LogP) is 3.64. The zero-order valence-corrected chi connectivity index (χ0v) is 19.0. The molecule has 2 aliphatic carbocycles. The number of epoxide rings is 1. The number of fused-ring (bicyclic) bond motifs is 3. The van der Waals surface area contributed by atoms with Crippen molar-refractivity contribution >= 4 is 11.7 Å². The number of esters is 1. The lowest BCUT2D eigenvalue weighted by Gasteiger charge is -2.51. The Bertz CT molecular complexity index is 860. The lowest BCUT2D eigenvalue weighted by atomic mass is 9.53. The quantitative estimate of drug-likeness (QED) is 0.548. The van der Waals surface area contributed by atoms with Gasteiger partial charge >= 0.3 is 5.97 Å². The molecule has 0 radical (unpaired) electrons. The van der Waals surface area contributed by atoms with E-state index in [1.807, 2.05) is 0 Å². The average Bonchev–Trinajstić information content (AvgIpc) is 3.45. The van der Waals surface area contributed by atoms with Crippen molar-refractivity contribution < 1.29 is 14.3 Å². The summed E-state index contributed by atoms with van der Waals surface area (Å²) in [6.07, 6.45) is 6.01. The minimum atomic E-state index is 0.0396. The summed E-state index contributed by atoms with van der Waals surface area (Å²) in [4.78, 5) is 17.9. The molecule has 5 heteroatoms. The van der Waals surface area contributed by atoms with Gasteiger partial charge in [0, 0.05) is 44.3 Å². The van der Waals surface area contributed by atoms with E-state index in [-0.39, 0.29) is 29.0 Å². The molecule has 0 unspecified atom stereocenters. The maximum absolute atomic E-state index is 12.9. The van der Waals surface area contributed by atoms with Gasteiger partial charge in [0.15, 0.2) is 0 Å². The fraction of sp³-hybridized carbons (Fsp3) is 0.731. The highest BCUT2D eigenvalue weighted by molar-refractivity contribution is 5.75. The lowest BCUT2D eigenvalue weighted by Crippen LogP contribution is -2.52. The molecule has 0 bridgehead atoms. The van der Waals surface area contributed by atoms with Gasteiger partial charge in [-0.1, -0.05) is 19.1 Å². The molecule has 0 N–H and O–H groups in total. The van der Waals surface area contributed by atoms with Crippen LogP contribution in [0.1, 0.15) is 44.6 Å². The number of hydrogen-bond donors (Lipinski definition) is 0. The second-order valence-electron chi connectivity index (χ2n) is 11.2. The van der Waals surface area contributed by atoms with Crippen LogP contribution in [-0.4, -0.2) is 61.9 Å². The Morgan fingerprint density at radius 1 is 1.16 bits per heavy atom. The van der Waals surface area contributed by atoms with Crippen LogP contribution in [0.5, 0.6) is 0 Å². The van der Waals surface area contributed by atoms with Gasteiger partial charge in [0.25, 0.3) is 0 Å². The number of piperazine rings is 1. The van der Waals surface area contributed by atoms with Crippen molar-refractivity contribution in [3.05, 3.63) is 29.8 Å². The summed E-state index contributed by atoms with van der Waals surface area (Å²) in [5, 5.41) is 0. The monoisotopic (exact) mass is 424 g/mol. The van der Waals surface area contributed by atoms with Gasteiger partial charge in [-0.25, -0.2) is 0 Å². The number of rotatable bonds is 3. The molecule has 5 aliphatic rings. The fourth-order valence-electron chi connectivity index (χ4n) is 7.46. The summed E-state index contributed by atoms with van der Waals surface area (Å²) >= 11 is 0. The van der Waals surface area contributed by atoms with Gasteiger partial charge in [0.2, 0.25) is 0 Å². The average molecular weight is 425 g/mol. The van der Waals surface area contributed by atoms with E-state index in [0.29, 0.717) is 11.8 Å². The van der Waals surface area contributed by atoms with E-state index in [4.69, 9.17) is 9.47 Å². The first-order valence-electron chi connectivity index (χ1n) is 12.3. The second kappa shape index (κ2) is 7.21. The Kier molecular flexibility index (Phi) is 4.66. The minimum absolute atomic E-state index is 0.0396. The van der Waals surface area contributed by atoms with E-state index in [1.165, 1.54) is 30.5 Å². The number of aryl methyl sites for hydroxylation is 1. The van der Waals surface area contributed by atoms with Crippen molar-refractivity contribution in [2.24, 2.45) is 23.2 Å². The summed E-state index contributed by atoms with van der Waals surface area (Å²) in [6, 6.07) is 8.78. The molecular formula is C26H36N2O3. The third-order valence-electron chi connectivity index (χ3n) is 9.27. The minimum Gasteiger partial charge on any atom is -0.462 e. The number of carbonyl (C=O) groups excluding carboxylic acids is 1. The molecule has 1 aromatic rings. The highest BCUT2D eigenvalue weighted by Crippen LogP contribution is 2.62. The Balaban J connectivity index is 1.12. The van der Waals surface area contributed by atoms with Gasteiger partial charge in [-0.05, 0) is 68.1 Å². The molecule has 5 fully saturated rings. The lowest BCUT2D eigenvalue weighted by molar-refractivity contribution is -0.147. The molecule has 1 spiro atoms. The predicted molar refractivity (Wildman–Crippen MR) is 120 cm³/mol. The molecule has 5 nitrogen and oxygen atoms in total. The second-order valence-corrected chi connectivity index (χ2v) is 11.2. The van der Waals surface area contributed by atoms with Crippen molar-refractivity contribution in [1.29, 1.82) is 0 Å². The molecule has 3 saturated heterocycles. The van der Waals surface area contributed by atoms with Crippen LogP contribution in [0, 0.1) is 30.1 Å². The van der Waals surface area contributed by atoms with Crippen LogP contribution in [0.15, 0.2) is 24.3 Å². The largest absolute Gasteiger partial charge is 0.462 e. The standard InChI is InChI=1S/C26H36N2O3/c1-18-5-3-6-19(13-18)28-11-9-27(10-12-28)16-21-20-14-23-25(2,15-22(20)31-24(21)29)7-4-8-26(23)17-30-26/h3,5-6,13,20-23H,4,7-12,14-17H2,1-2H3/t20-,21+,22+,23+,25+,26-/m0/s1. The number of carbonyl (C=O) groups is 1. The van der Waals surface area contributed by atoms with Gasteiger partial charge < -0.3 is 14.4 Å². The Morgan fingerprint density at radius 2 is 1.97 bits per heavy atom. The molecule has 6 atom stereocenters. The molecule has 1 aromatic carbocycles. The molecule has 0 aromatic heterocycles. The van der Waals surface area contributed by atoms with Crippen LogP contribution in [0.3, 0.4) is 0 Å². The first-order valence-corrected chi connectivity index (χ1v) is 12.3. The van der Waals surface area contributed by atoms with E-state index in [9.17, 15) is 4.79 Å². The van der Waals surface area contributed by atoms with E-state index < -0.39 is 0 Å². The van der Waals surface area contributed by atoms with Gasteiger partial charge in [-0.2, -0.15) is 0 Å². The van der Waals surface area contributed by atoms with Gasteiger partial charge in [0.1, 0.15) is 6.10 Å². The van der Waals surface area contributed by atoms with Crippen LogP contribution in [0.4, 0.5) is 5.69 Å². The van der Waals surface area contributed by atoms with Crippen LogP contribution >= 0.6 is 0 Å². The van der Waals surface area contributed by atoms with Crippen LogP contribution in [0.25, 0.3) is 0 Å². The number of hydrogen-bond acceptors (Lipinski definition) is 5. The van der Waals surface area contributed by atoms with E-state index in [1.54, 1.807) is 0 Å². The zero-order valence-electron chi connectivity index (χ0n) is 19.0. The van der Waals surface area contributed by atoms with E-state index >= 15 is 0 Å². The summed E-state index contributed by atoms with van der Waals surface area (Å²) in [7, 11) is 0. The normalized spacial score (nSPS) is 42.3. The number of benzene rings is 1. The molecule has 3 aliphatic heterocycles. The van der Waals surface area contributed by atoms with E-state index in [2.05, 4.69) is 47.9 Å². The molecule has 3 heterocycles. The van der Waals surface area contributed by atoms with E-state index in [0.717, 1.165) is 52.2 Å². The Labute approximate surface area is 186 Å². The first-order chi connectivity index (χ1) is 15.0. The summed E-state index contributed by atoms with van der Waals surface area (Å²) < 4.78 is 12.1. The SMILES string of the molecule is Cc1cccc(N2CCN(C[C@H]3C(=O)O[C@@H]4C[C@@]5(C)CCC[C@]6(CO6)[C@@H]5C[C@H]43)CC2)c1. The molecule has 6 rings (SSSR count). The highest BCUT2D eigenvalue weighted by atomic mass is 16.6. The molecule has 168 valence electrons.